The van der Waals surface area contributed by atoms with Crippen LogP contribution in [0.4, 0.5) is 14.5 Å². The molecule has 2 aliphatic rings. The second kappa shape index (κ2) is 6.60. The average Bonchev–Trinajstić information content (AvgIpc) is 2.51. The minimum atomic E-state index is -3.26. The first-order valence-electron chi connectivity index (χ1n) is 8.02. The molecule has 0 saturated carbocycles. The molecular weight excluding hydrogens is 385 g/mol. The highest BCUT2D eigenvalue weighted by Gasteiger charge is 2.59. The van der Waals surface area contributed by atoms with E-state index in [4.69, 9.17) is 27.9 Å². The van der Waals surface area contributed by atoms with Gasteiger partial charge in [0.15, 0.2) is 5.84 Å². The molecule has 0 amide bonds. The van der Waals surface area contributed by atoms with Gasteiger partial charge in [0.25, 0.3) is 5.92 Å². The lowest BCUT2D eigenvalue weighted by atomic mass is 9.67. The van der Waals surface area contributed by atoms with Crippen LogP contribution in [0.1, 0.15) is 26.3 Å². The summed E-state index contributed by atoms with van der Waals surface area (Å²) in [6.07, 6.45) is 2.31. The van der Waals surface area contributed by atoms with Crippen LogP contribution >= 0.6 is 23.2 Å². The van der Waals surface area contributed by atoms with Gasteiger partial charge in [-0.3, -0.25) is 5.21 Å². The summed E-state index contributed by atoms with van der Waals surface area (Å²) >= 11 is 12.1. The predicted octanol–water partition coefficient (Wildman–Crippen LogP) is 5.41. The van der Waals surface area contributed by atoms with E-state index in [2.05, 4.69) is 4.99 Å². The van der Waals surface area contributed by atoms with Crippen LogP contribution in [-0.4, -0.2) is 34.7 Å². The number of benzene rings is 1. The molecule has 4 nitrogen and oxygen atoms in total. The molecule has 0 radical (unpaired) electrons. The minimum Gasteiger partial charge on any atom is -0.377 e. The standard InChI is InChI=1S/C18H18Cl2F2N2O2/c1-10(2)26-9-18(17(3,21)22)13-6-11(19)4-5-15(13)23-16-14(18)7-12(20)8-24(16)25/h4-8,10,25H,9H2,1-3H3. The van der Waals surface area contributed by atoms with Crippen molar-refractivity contribution in [1.82, 2.24) is 5.06 Å². The highest BCUT2D eigenvalue weighted by molar-refractivity contribution is 6.32. The molecule has 0 spiro atoms. The Balaban J connectivity index is 2.35. The number of hydrogen-bond acceptors (Lipinski definition) is 4. The van der Waals surface area contributed by atoms with Crippen molar-refractivity contribution in [3.05, 3.63) is 51.7 Å². The Hall–Kier alpha value is -1.47. The molecule has 1 aromatic carbocycles. The number of amidine groups is 1. The van der Waals surface area contributed by atoms with Crippen molar-refractivity contribution in [2.45, 2.75) is 38.2 Å². The van der Waals surface area contributed by atoms with Crippen LogP contribution in [0.5, 0.6) is 0 Å². The van der Waals surface area contributed by atoms with Crippen LogP contribution in [0.15, 0.2) is 46.1 Å². The lowest BCUT2D eigenvalue weighted by Crippen LogP contribution is -2.54. The van der Waals surface area contributed by atoms with Crippen LogP contribution in [0.2, 0.25) is 5.02 Å². The topological polar surface area (TPSA) is 45.1 Å². The van der Waals surface area contributed by atoms with Gasteiger partial charge in [-0.1, -0.05) is 23.2 Å². The first-order valence-corrected chi connectivity index (χ1v) is 8.78. The van der Waals surface area contributed by atoms with Crippen molar-refractivity contribution in [2.75, 3.05) is 6.61 Å². The van der Waals surface area contributed by atoms with Crippen LogP contribution in [0.25, 0.3) is 0 Å². The summed E-state index contributed by atoms with van der Waals surface area (Å²) in [5.41, 5.74) is -1.31. The molecule has 0 bridgehead atoms. The highest BCUT2D eigenvalue weighted by Crippen LogP contribution is 2.53. The molecule has 0 aliphatic carbocycles. The number of alkyl halides is 2. The van der Waals surface area contributed by atoms with Crippen LogP contribution in [0.3, 0.4) is 0 Å². The third-order valence-electron chi connectivity index (χ3n) is 4.47. The van der Waals surface area contributed by atoms with Crippen LogP contribution in [-0.2, 0) is 10.2 Å². The summed E-state index contributed by atoms with van der Waals surface area (Å²) in [5, 5.41) is 11.3. The van der Waals surface area contributed by atoms with E-state index in [0.29, 0.717) is 15.8 Å². The number of rotatable bonds is 4. The van der Waals surface area contributed by atoms with Crippen molar-refractivity contribution in [3.8, 4) is 0 Å². The van der Waals surface area contributed by atoms with E-state index >= 15 is 8.78 Å². The molecule has 0 fully saturated rings. The van der Waals surface area contributed by atoms with Crippen molar-refractivity contribution in [3.63, 3.8) is 0 Å². The Morgan fingerprint density at radius 2 is 2.04 bits per heavy atom. The van der Waals surface area contributed by atoms with Gasteiger partial charge in [0.2, 0.25) is 0 Å². The third-order valence-corrected chi connectivity index (χ3v) is 4.91. The zero-order valence-corrected chi connectivity index (χ0v) is 15.9. The first kappa shape index (κ1) is 19.3. The Morgan fingerprint density at radius 1 is 1.35 bits per heavy atom. The molecule has 1 aromatic rings. The van der Waals surface area contributed by atoms with Crippen molar-refractivity contribution in [2.24, 2.45) is 4.99 Å². The fourth-order valence-corrected chi connectivity index (χ4v) is 3.59. The van der Waals surface area contributed by atoms with Crippen molar-refractivity contribution >= 4 is 34.7 Å². The summed E-state index contributed by atoms with van der Waals surface area (Å²) in [7, 11) is 0. The average molecular weight is 403 g/mol. The smallest absolute Gasteiger partial charge is 0.261 e. The number of halogens is 4. The van der Waals surface area contributed by atoms with E-state index in [-0.39, 0.29) is 34.7 Å². The number of aliphatic imine (C=N–C) groups is 1. The molecule has 1 N–H and O–H groups in total. The van der Waals surface area contributed by atoms with Gasteiger partial charge in [0, 0.05) is 17.5 Å². The molecule has 26 heavy (non-hydrogen) atoms. The fourth-order valence-electron chi connectivity index (χ4n) is 3.22. The predicted molar refractivity (Wildman–Crippen MR) is 97.6 cm³/mol. The molecule has 2 heterocycles. The summed E-state index contributed by atoms with van der Waals surface area (Å²) in [6, 6.07) is 4.58. The molecule has 0 aromatic heterocycles. The minimum absolute atomic E-state index is 0.0156. The molecule has 3 rings (SSSR count). The van der Waals surface area contributed by atoms with Crippen LogP contribution in [0, 0.1) is 0 Å². The number of nitrogens with zero attached hydrogens (tertiary/aromatic N) is 2. The number of ether oxygens (including phenoxy) is 1. The van der Waals surface area contributed by atoms with Crippen molar-refractivity contribution in [1.29, 1.82) is 0 Å². The number of fused-ring (bicyclic) bond motifs is 2. The van der Waals surface area contributed by atoms with Gasteiger partial charge in [-0.15, -0.1) is 0 Å². The van der Waals surface area contributed by atoms with Gasteiger partial charge >= 0.3 is 0 Å². The normalized spacial score (nSPS) is 22.5. The van der Waals surface area contributed by atoms with E-state index in [1.54, 1.807) is 26.0 Å². The quantitative estimate of drug-likeness (QED) is 0.731. The molecule has 140 valence electrons. The summed E-state index contributed by atoms with van der Waals surface area (Å²) in [5.74, 6) is -3.28. The van der Waals surface area contributed by atoms with Gasteiger partial charge in [0.05, 0.1) is 29.6 Å². The van der Waals surface area contributed by atoms with Gasteiger partial charge in [0.1, 0.15) is 5.41 Å². The third kappa shape index (κ3) is 3.05. The van der Waals surface area contributed by atoms with Crippen LogP contribution < -0.4 is 0 Å². The van der Waals surface area contributed by atoms with Gasteiger partial charge < -0.3 is 4.74 Å². The lowest BCUT2D eigenvalue weighted by Gasteiger charge is -2.45. The second-order valence-corrected chi connectivity index (χ2v) is 7.54. The molecule has 8 heteroatoms. The maximum atomic E-state index is 15.2. The van der Waals surface area contributed by atoms with E-state index in [9.17, 15) is 5.21 Å². The van der Waals surface area contributed by atoms with Crippen molar-refractivity contribution < 1.29 is 18.7 Å². The summed E-state index contributed by atoms with van der Waals surface area (Å²) < 4.78 is 36.0. The summed E-state index contributed by atoms with van der Waals surface area (Å²) in [6.45, 7) is 4.01. The van der Waals surface area contributed by atoms with E-state index < -0.39 is 11.3 Å². The maximum absolute atomic E-state index is 15.2. The Bertz CT molecular complexity index is 831. The van der Waals surface area contributed by atoms with E-state index in [1.165, 1.54) is 18.3 Å². The molecular formula is C18H18Cl2F2N2O2. The second-order valence-electron chi connectivity index (χ2n) is 6.67. The molecule has 1 atom stereocenters. The van der Waals surface area contributed by atoms with E-state index in [0.717, 1.165) is 6.92 Å². The van der Waals surface area contributed by atoms with Gasteiger partial charge in [-0.05, 0) is 43.7 Å². The fraction of sp³-hybridized carbons (Fsp3) is 0.389. The van der Waals surface area contributed by atoms with Gasteiger partial charge in [-0.2, -0.15) is 0 Å². The lowest BCUT2D eigenvalue weighted by molar-refractivity contribution is -0.0881. The van der Waals surface area contributed by atoms with E-state index in [1.807, 2.05) is 0 Å². The maximum Gasteiger partial charge on any atom is 0.261 e. The van der Waals surface area contributed by atoms with Gasteiger partial charge in [-0.25, -0.2) is 18.8 Å². The Morgan fingerprint density at radius 3 is 2.65 bits per heavy atom. The number of hydrogen-bond donors (Lipinski definition) is 1. The number of allylic oxidation sites excluding steroid dienone is 2. The SMILES string of the molecule is CC(C)OCC1(C(C)(F)F)C2=CC(Cl)=CN(O)C2=Nc2ccc(Cl)cc21. The zero-order valence-electron chi connectivity index (χ0n) is 14.4. The Labute approximate surface area is 160 Å². The largest absolute Gasteiger partial charge is 0.377 e. The first-order chi connectivity index (χ1) is 12.1. The zero-order chi connectivity index (χ0) is 19.3. The monoisotopic (exact) mass is 402 g/mol. The Kier molecular flexibility index (Phi) is 4.90. The number of hydroxylamine groups is 2. The summed E-state index contributed by atoms with van der Waals surface area (Å²) in [4.78, 5) is 4.33. The molecule has 2 aliphatic heterocycles. The highest BCUT2D eigenvalue weighted by atomic mass is 35.5. The molecule has 0 saturated heterocycles. The molecule has 1 unspecified atom stereocenters.